The van der Waals surface area contributed by atoms with Gasteiger partial charge >= 0.3 is 0 Å². The van der Waals surface area contributed by atoms with Gasteiger partial charge in [0.05, 0.1) is 6.54 Å². The van der Waals surface area contributed by atoms with Crippen molar-refractivity contribution in [2.75, 3.05) is 33.8 Å². The largest absolute Gasteiger partial charge is 0.489 e. The molecule has 0 aliphatic carbocycles. The highest BCUT2D eigenvalue weighted by Crippen LogP contribution is 2.15. The number of nitrogens with zero attached hydrogens (tertiary/aromatic N) is 4. The van der Waals surface area contributed by atoms with Crippen LogP contribution in [0.2, 0.25) is 0 Å². The Bertz CT molecular complexity index is 717. The second kappa shape index (κ2) is 9.74. The molecule has 0 aliphatic heterocycles. The van der Waals surface area contributed by atoms with Crippen LogP contribution in [-0.2, 0) is 6.42 Å². The first-order valence-electron chi connectivity index (χ1n) is 8.63. The molecule has 2 aromatic rings. The minimum atomic E-state index is -0.363. The number of likely N-dealkylation sites (N-methyl/N-ethyl adjacent to an activating group) is 1. The van der Waals surface area contributed by atoms with E-state index in [0.717, 1.165) is 0 Å². The molecule has 26 heavy (non-hydrogen) atoms. The number of aromatic nitrogens is 2. The van der Waals surface area contributed by atoms with Crippen LogP contribution >= 0.6 is 0 Å². The highest BCUT2D eigenvalue weighted by Gasteiger charge is 2.11. The quantitative estimate of drug-likeness (QED) is 0.574. The average Bonchev–Trinajstić information content (AvgIpc) is 3.09. The molecule has 0 radical (unpaired) electrons. The van der Waals surface area contributed by atoms with Gasteiger partial charge in [-0.1, -0.05) is 31.1 Å². The molecular formula is C18H26FN5O2. The zero-order chi connectivity index (χ0) is 18.9. The molecule has 142 valence electrons. The van der Waals surface area contributed by atoms with E-state index in [4.69, 9.17) is 9.26 Å². The SMILES string of the molecule is CN=C(NCCc1nc(C(C)C)no1)N(C)CCOc1ccccc1F. The lowest BCUT2D eigenvalue weighted by Crippen LogP contribution is -2.41. The summed E-state index contributed by atoms with van der Waals surface area (Å²) in [7, 11) is 3.60. The molecule has 2 rings (SSSR count). The Balaban J connectivity index is 1.74. The molecule has 0 fully saturated rings. The predicted molar refractivity (Wildman–Crippen MR) is 98.0 cm³/mol. The van der Waals surface area contributed by atoms with Crippen molar-refractivity contribution < 1.29 is 13.7 Å². The van der Waals surface area contributed by atoms with Crippen LogP contribution in [-0.4, -0.2) is 54.8 Å². The Morgan fingerprint density at radius 3 is 2.81 bits per heavy atom. The van der Waals surface area contributed by atoms with Crippen molar-refractivity contribution in [1.82, 2.24) is 20.4 Å². The number of rotatable bonds is 8. The molecule has 0 bridgehead atoms. The third-order valence-electron chi connectivity index (χ3n) is 3.72. The maximum Gasteiger partial charge on any atom is 0.228 e. The molecule has 1 aromatic heterocycles. The first kappa shape index (κ1) is 19.7. The minimum Gasteiger partial charge on any atom is -0.489 e. The monoisotopic (exact) mass is 363 g/mol. The molecule has 0 atom stereocenters. The minimum absolute atomic E-state index is 0.244. The van der Waals surface area contributed by atoms with E-state index < -0.39 is 0 Å². The summed E-state index contributed by atoms with van der Waals surface area (Å²) in [5.74, 6) is 2.16. The summed E-state index contributed by atoms with van der Waals surface area (Å²) < 4.78 is 24.2. The Kier molecular flexibility index (Phi) is 7.37. The van der Waals surface area contributed by atoms with Crippen LogP contribution < -0.4 is 10.1 Å². The zero-order valence-electron chi connectivity index (χ0n) is 15.7. The maximum atomic E-state index is 13.5. The van der Waals surface area contributed by atoms with E-state index in [-0.39, 0.29) is 17.5 Å². The topological polar surface area (TPSA) is 75.8 Å². The van der Waals surface area contributed by atoms with Gasteiger partial charge in [-0.2, -0.15) is 4.98 Å². The average molecular weight is 363 g/mol. The number of ether oxygens (including phenoxy) is 1. The van der Waals surface area contributed by atoms with Crippen molar-refractivity contribution in [3.8, 4) is 5.75 Å². The van der Waals surface area contributed by atoms with Crippen molar-refractivity contribution >= 4 is 5.96 Å². The predicted octanol–water partition coefficient (Wildman–Crippen LogP) is 2.46. The van der Waals surface area contributed by atoms with Crippen LogP contribution in [0.5, 0.6) is 5.75 Å². The Morgan fingerprint density at radius 1 is 1.38 bits per heavy atom. The van der Waals surface area contributed by atoms with Gasteiger partial charge in [0.25, 0.3) is 0 Å². The van der Waals surface area contributed by atoms with E-state index in [0.29, 0.717) is 43.8 Å². The number of hydrogen-bond acceptors (Lipinski definition) is 5. The van der Waals surface area contributed by atoms with Crippen LogP contribution in [0.1, 0.15) is 31.5 Å². The van der Waals surface area contributed by atoms with Crippen molar-refractivity contribution in [3.63, 3.8) is 0 Å². The van der Waals surface area contributed by atoms with E-state index in [2.05, 4.69) is 20.4 Å². The van der Waals surface area contributed by atoms with Crippen LogP contribution in [0.15, 0.2) is 33.8 Å². The highest BCUT2D eigenvalue weighted by molar-refractivity contribution is 5.79. The first-order chi connectivity index (χ1) is 12.5. The number of halogens is 1. The number of aliphatic imine (C=N–C) groups is 1. The lowest BCUT2D eigenvalue weighted by molar-refractivity contribution is 0.270. The first-order valence-corrected chi connectivity index (χ1v) is 8.63. The third-order valence-corrected chi connectivity index (χ3v) is 3.72. The number of para-hydroxylation sites is 1. The molecular weight excluding hydrogens is 337 g/mol. The van der Waals surface area contributed by atoms with Gasteiger partial charge in [-0.15, -0.1) is 0 Å². The number of guanidine groups is 1. The molecule has 0 saturated heterocycles. The summed E-state index contributed by atoms with van der Waals surface area (Å²) in [5.41, 5.74) is 0. The molecule has 0 spiro atoms. The van der Waals surface area contributed by atoms with Crippen molar-refractivity contribution in [2.45, 2.75) is 26.2 Å². The van der Waals surface area contributed by atoms with E-state index in [1.54, 1.807) is 25.2 Å². The lowest BCUT2D eigenvalue weighted by Gasteiger charge is -2.22. The molecule has 0 unspecified atom stereocenters. The molecule has 1 N–H and O–H groups in total. The normalized spacial score (nSPS) is 11.7. The van der Waals surface area contributed by atoms with Crippen LogP contribution in [0.3, 0.4) is 0 Å². The highest BCUT2D eigenvalue weighted by atomic mass is 19.1. The molecule has 0 amide bonds. The summed E-state index contributed by atoms with van der Waals surface area (Å²) in [6.07, 6.45) is 0.609. The van der Waals surface area contributed by atoms with Gasteiger partial charge in [-0.05, 0) is 12.1 Å². The Labute approximate surface area is 153 Å². The third kappa shape index (κ3) is 5.72. The van der Waals surface area contributed by atoms with Crippen LogP contribution in [0.4, 0.5) is 4.39 Å². The van der Waals surface area contributed by atoms with Crippen LogP contribution in [0, 0.1) is 5.82 Å². The van der Waals surface area contributed by atoms with Gasteiger partial charge in [-0.25, -0.2) is 4.39 Å². The second-order valence-corrected chi connectivity index (χ2v) is 6.13. The zero-order valence-corrected chi connectivity index (χ0v) is 15.7. The summed E-state index contributed by atoms with van der Waals surface area (Å²) in [6, 6.07) is 6.36. The fraction of sp³-hybridized carbons (Fsp3) is 0.500. The van der Waals surface area contributed by atoms with Gasteiger partial charge in [0.1, 0.15) is 6.61 Å². The fourth-order valence-corrected chi connectivity index (χ4v) is 2.23. The molecule has 1 heterocycles. The summed E-state index contributed by atoms with van der Waals surface area (Å²) >= 11 is 0. The number of hydrogen-bond donors (Lipinski definition) is 1. The summed E-state index contributed by atoms with van der Waals surface area (Å²) in [5, 5.41) is 7.18. The molecule has 1 aromatic carbocycles. The molecule has 7 nitrogen and oxygen atoms in total. The van der Waals surface area contributed by atoms with E-state index in [9.17, 15) is 4.39 Å². The van der Waals surface area contributed by atoms with Crippen molar-refractivity contribution in [2.24, 2.45) is 4.99 Å². The Hall–Kier alpha value is -2.64. The van der Waals surface area contributed by atoms with Gasteiger partial charge in [0, 0.05) is 33.0 Å². The standard InChI is InChI=1S/C18H26FN5O2/c1-13(2)17-22-16(26-23-17)9-10-21-18(20-3)24(4)11-12-25-15-8-6-5-7-14(15)19/h5-8,13H,9-12H2,1-4H3,(H,20,21). The van der Waals surface area contributed by atoms with E-state index in [1.807, 2.05) is 25.8 Å². The summed E-state index contributed by atoms with van der Waals surface area (Å²) in [4.78, 5) is 10.5. The molecule has 8 heteroatoms. The maximum absolute atomic E-state index is 13.5. The van der Waals surface area contributed by atoms with Gasteiger partial charge in [0.15, 0.2) is 23.4 Å². The van der Waals surface area contributed by atoms with Crippen molar-refractivity contribution in [1.29, 1.82) is 0 Å². The van der Waals surface area contributed by atoms with Crippen LogP contribution in [0.25, 0.3) is 0 Å². The smallest absolute Gasteiger partial charge is 0.228 e. The van der Waals surface area contributed by atoms with Gasteiger partial charge < -0.3 is 19.5 Å². The van der Waals surface area contributed by atoms with E-state index in [1.165, 1.54) is 6.07 Å². The number of benzene rings is 1. The fourth-order valence-electron chi connectivity index (χ4n) is 2.23. The Morgan fingerprint density at radius 2 is 2.15 bits per heavy atom. The van der Waals surface area contributed by atoms with E-state index >= 15 is 0 Å². The van der Waals surface area contributed by atoms with Gasteiger partial charge in [0.2, 0.25) is 5.89 Å². The summed E-state index contributed by atoms with van der Waals surface area (Å²) in [6.45, 7) is 5.57. The lowest BCUT2D eigenvalue weighted by atomic mass is 10.2. The second-order valence-electron chi connectivity index (χ2n) is 6.13. The van der Waals surface area contributed by atoms with Crippen molar-refractivity contribution in [3.05, 3.63) is 41.8 Å². The van der Waals surface area contributed by atoms with Gasteiger partial charge in [-0.3, -0.25) is 4.99 Å². The number of nitrogens with one attached hydrogen (secondary N) is 1. The molecule has 0 saturated carbocycles. The molecule has 0 aliphatic rings.